The van der Waals surface area contributed by atoms with Gasteiger partial charge in [-0.25, -0.2) is 4.39 Å². The van der Waals surface area contributed by atoms with Crippen LogP contribution in [-0.4, -0.2) is 7.11 Å². The molecular formula is C17H17FN2O. The van der Waals surface area contributed by atoms with Gasteiger partial charge in [-0.2, -0.15) is 5.26 Å². The fourth-order valence-electron chi connectivity index (χ4n) is 2.09. The number of benzene rings is 2. The summed E-state index contributed by atoms with van der Waals surface area (Å²) in [5, 5.41) is 12.2. The maximum atomic E-state index is 13.4. The van der Waals surface area contributed by atoms with Crippen LogP contribution in [0.25, 0.3) is 0 Å². The summed E-state index contributed by atoms with van der Waals surface area (Å²) in [6, 6.07) is 14.5. The minimum Gasteiger partial charge on any atom is -0.494 e. The van der Waals surface area contributed by atoms with Crippen LogP contribution in [0.1, 0.15) is 29.7 Å². The number of hydrogen-bond acceptors (Lipinski definition) is 3. The first-order chi connectivity index (χ1) is 10.1. The van der Waals surface area contributed by atoms with Gasteiger partial charge in [-0.3, -0.25) is 0 Å². The van der Waals surface area contributed by atoms with Crippen molar-refractivity contribution in [1.82, 2.24) is 5.32 Å². The zero-order chi connectivity index (χ0) is 15.2. The SMILES string of the molecule is COc1cc(C(C)NCc2cccc(C#N)c2)ccc1F. The van der Waals surface area contributed by atoms with E-state index in [1.807, 2.05) is 25.1 Å². The third kappa shape index (κ3) is 3.80. The summed E-state index contributed by atoms with van der Waals surface area (Å²) in [5.41, 5.74) is 2.63. The van der Waals surface area contributed by atoms with Gasteiger partial charge in [0, 0.05) is 12.6 Å². The fraction of sp³-hybridized carbons (Fsp3) is 0.235. The standard InChI is InChI=1S/C17H17FN2O/c1-12(15-6-7-16(18)17(9-15)21-2)20-11-14-5-3-4-13(8-14)10-19/h3-9,12,20H,11H2,1-2H3. The molecule has 21 heavy (non-hydrogen) atoms. The number of nitriles is 1. The summed E-state index contributed by atoms with van der Waals surface area (Å²) in [7, 11) is 1.45. The first-order valence-corrected chi connectivity index (χ1v) is 6.70. The van der Waals surface area contributed by atoms with E-state index in [0.29, 0.717) is 12.1 Å². The first-order valence-electron chi connectivity index (χ1n) is 6.70. The number of rotatable bonds is 5. The highest BCUT2D eigenvalue weighted by Gasteiger charge is 2.09. The van der Waals surface area contributed by atoms with Crippen molar-refractivity contribution in [2.24, 2.45) is 0 Å². The predicted molar refractivity (Wildman–Crippen MR) is 79.4 cm³/mol. The van der Waals surface area contributed by atoms with Gasteiger partial charge in [-0.15, -0.1) is 0 Å². The minimum atomic E-state index is -0.366. The topological polar surface area (TPSA) is 45.0 Å². The quantitative estimate of drug-likeness (QED) is 0.913. The van der Waals surface area contributed by atoms with Crippen molar-refractivity contribution < 1.29 is 9.13 Å². The van der Waals surface area contributed by atoms with Gasteiger partial charge in [0.2, 0.25) is 0 Å². The second-order valence-corrected chi connectivity index (χ2v) is 4.81. The fourth-order valence-corrected chi connectivity index (χ4v) is 2.09. The molecule has 2 aromatic rings. The van der Waals surface area contributed by atoms with Crippen molar-refractivity contribution in [1.29, 1.82) is 5.26 Å². The molecule has 0 aromatic heterocycles. The van der Waals surface area contributed by atoms with Crippen molar-refractivity contribution in [2.75, 3.05) is 7.11 Å². The van der Waals surface area contributed by atoms with Gasteiger partial charge in [0.25, 0.3) is 0 Å². The average molecular weight is 284 g/mol. The Labute approximate surface area is 124 Å². The van der Waals surface area contributed by atoms with E-state index in [0.717, 1.165) is 11.1 Å². The van der Waals surface area contributed by atoms with E-state index in [9.17, 15) is 4.39 Å². The molecule has 0 radical (unpaired) electrons. The molecule has 0 fully saturated rings. The molecule has 1 N–H and O–H groups in total. The molecule has 0 amide bonds. The molecule has 0 spiro atoms. The molecule has 0 bridgehead atoms. The van der Waals surface area contributed by atoms with Crippen molar-refractivity contribution in [2.45, 2.75) is 19.5 Å². The summed E-state index contributed by atoms with van der Waals surface area (Å²) in [4.78, 5) is 0. The van der Waals surface area contributed by atoms with Crippen molar-refractivity contribution in [3.63, 3.8) is 0 Å². The Kier molecular flexibility index (Phi) is 4.91. The molecule has 0 aliphatic heterocycles. The molecule has 108 valence electrons. The van der Waals surface area contributed by atoms with Gasteiger partial charge in [0.15, 0.2) is 11.6 Å². The minimum absolute atomic E-state index is 0.0465. The number of hydrogen-bond donors (Lipinski definition) is 1. The normalized spacial score (nSPS) is 11.7. The van der Waals surface area contributed by atoms with Crippen LogP contribution in [0.15, 0.2) is 42.5 Å². The molecule has 2 aromatic carbocycles. The molecule has 4 heteroatoms. The van der Waals surface area contributed by atoms with E-state index >= 15 is 0 Å². The Bertz CT molecular complexity index is 664. The monoisotopic (exact) mass is 284 g/mol. The molecule has 0 saturated carbocycles. The molecule has 0 saturated heterocycles. The number of methoxy groups -OCH3 is 1. The molecule has 0 aliphatic carbocycles. The van der Waals surface area contributed by atoms with Crippen molar-refractivity contribution >= 4 is 0 Å². The Morgan fingerprint density at radius 2 is 2.10 bits per heavy atom. The summed E-state index contributed by atoms with van der Waals surface area (Å²) < 4.78 is 18.4. The van der Waals surface area contributed by atoms with E-state index in [2.05, 4.69) is 11.4 Å². The molecule has 1 unspecified atom stereocenters. The van der Waals surface area contributed by atoms with Gasteiger partial charge in [-0.1, -0.05) is 18.2 Å². The highest BCUT2D eigenvalue weighted by Crippen LogP contribution is 2.22. The molecular weight excluding hydrogens is 267 g/mol. The lowest BCUT2D eigenvalue weighted by atomic mass is 10.1. The van der Waals surface area contributed by atoms with E-state index in [1.54, 1.807) is 18.2 Å². The van der Waals surface area contributed by atoms with Crippen LogP contribution in [0.4, 0.5) is 4.39 Å². The second kappa shape index (κ2) is 6.87. The lowest BCUT2D eigenvalue weighted by Crippen LogP contribution is -2.18. The van der Waals surface area contributed by atoms with Gasteiger partial charge in [0.05, 0.1) is 18.7 Å². The number of nitrogens with zero attached hydrogens (tertiary/aromatic N) is 1. The maximum absolute atomic E-state index is 13.4. The Balaban J connectivity index is 2.04. The van der Waals surface area contributed by atoms with Crippen molar-refractivity contribution in [3.8, 4) is 11.8 Å². The van der Waals surface area contributed by atoms with Crippen LogP contribution < -0.4 is 10.1 Å². The van der Waals surface area contributed by atoms with E-state index in [4.69, 9.17) is 10.00 Å². The third-order valence-electron chi connectivity index (χ3n) is 3.34. The van der Waals surface area contributed by atoms with Gasteiger partial charge >= 0.3 is 0 Å². The first kappa shape index (κ1) is 15.0. The lowest BCUT2D eigenvalue weighted by molar-refractivity contribution is 0.385. The van der Waals surface area contributed by atoms with Crippen LogP contribution >= 0.6 is 0 Å². The molecule has 1 atom stereocenters. The Morgan fingerprint density at radius 1 is 1.29 bits per heavy atom. The number of halogens is 1. The van der Waals surface area contributed by atoms with Crippen molar-refractivity contribution in [3.05, 3.63) is 65.0 Å². The molecule has 2 rings (SSSR count). The zero-order valence-corrected chi connectivity index (χ0v) is 12.1. The molecule has 3 nitrogen and oxygen atoms in total. The summed E-state index contributed by atoms with van der Waals surface area (Å²) in [6.45, 7) is 2.64. The van der Waals surface area contributed by atoms with Gasteiger partial charge in [0.1, 0.15) is 0 Å². The van der Waals surface area contributed by atoms with E-state index < -0.39 is 0 Å². The maximum Gasteiger partial charge on any atom is 0.165 e. The van der Waals surface area contributed by atoms with Gasteiger partial charge < -0.3 is 10.1 Å². The molecule has 0 heterocycles. The largest absolute Gasteiger partial charge is 0.494 e. The summed E-state index contributed by atoms with van der Waals surface area (Å²) in [5.74, 6) is -0.122. The van der Waals surface area contributed by atoms with Crippen LogP contribution in [0.5, 0.6) is 5.75 Å². The van der Waals surface area contributed by atoms with Crippen LogP contribution in [0.3, 0.4) is 0 Å². The Hall–Kier alpha value is -2.38. The third-order valence-corrected chi connectivity index (χ3v) is 3.34. The number of nitrogens with one attached hydrogen (secondary N) is 1. The predicted octanol–water partition coefficient (Wildman–Crippen LogP) is 3.56. The smallest absolute Gasteiger partial charge is 0.165 e. The van der Waals surface area contributed by atoms with Crippen LogP contribution in [0, 0.1) is 17.1 Å². The van der Waals surface area contributed by atoms with Gasteiger partial charge in [-0.05, 0) is 42.3 Å². The highest BCUT2D eigenvalue weighted by molar-refractivity contribution is 5.34. The van der Waals surface area contributed by atoms with E-state index in [-0.39, 0.29) is 17.6 Å². The zero-order valence-electron chi connectivity index (χ0n) is 12.1. The summed E-state index contributed by atoms with van der Waals surface area (Å²) >= 11 is 0. The number of ether oxygens (including phenoxy) is 1. The average Bonchev–Trinajstić information content (AvgIpc) is 2.53. The van der Waals surface area contributed by atoms with Crippen LogP contribution in [-0.2, 0) is 6.54 Å². The van der Waals surface area contributed by atoms with Crippen LogP contribution in [0.2, 0.25) is 0 Å². The van der Waals surface area contributed by atoms with E-state index in [1.165, 1.54) is 13.2 Å². The molecule has 0 aliphatic rings. The summed E-state index contributed by atoms with van der Waals surface area (Å²) in [6.07, 6.45) is 0. The highest BCUT2D eigenvalue weighted by atomic mass is 19.1. The lowest BCUT2D eigenvalue weighted by Gasteiger charge is -2.15. The second-order valence-electron chi connectivity index (χ2n) is 4.81. The Morgan fingerprint density at radius 3 is 2.81 bits per heavy atom.